The highest BCUT2D eigenvalue weighted by Gasteiger charge is 2.16. The Morgan fingerprint density at radius 2 is 1.50 bits per heavy atom. The summed E-state index contributed by atoms with van der Waals surface area (Å²) in [5.41, 5.74) is 8.32. The molecule has 0 saturated carbocycles. The Labute approximate surface area is 135 Å². The third kappa shape index (κ3) is 3.16. The van der Waals surface area contributed by atoms with Crippen molar-refractivity contribution in [2.24, 2.45) is 5.73 Å². The highest BCUT2D eigenvalue weighted by Crippen LogP contribution is 2.37. The van der Waals surface area contributed by atoms with Crippen LogP contribution in [0, 0.1) is 0 Å². The van der Waals surface area contributed by atoms with Crippen molar-refractivity contribution >= 4 is 31.9 Å². The quantitative estimate of drug-likeness (QED) is 0.832. The number of methoxy groups -OCH3 is 2. The molecule has 0 saturated heterocycles. The second kappa shape index (κ2) is 6.61. The highest BCUT2D eigenvalue weighted by atomic mass is 79.9. The Morgan fingerprint density at radius 3 is 2.05 bits per heavy atom. The molecule has 2 aromatic carbocycles. The number of hydrogen-bond acceptors (Lipinski definition) is 3. The van der Waals surface area contributed by atoms with Gasteiger partial charge in [-0.3, -0.25) is 0 Å². The van der Waals surface area contributed by atoms with Gasteiger partial charge in [0.1, 0.15) is 0 Å². The summed E-state index contributed by atoms with van der Waals surface area (Å²) in [6, 6.07) is 11.5. The third-order valence-corrected chi connectivity index (χ3v) is 4.28. The van der Waals surface area contributed by atoms with Gasteiger partial charge in [-0.15, -0.1) is 0 Å². The molecule has 0 amide bonds. The van der Waals surface area contributed by atoms with Crippen molar-refractivity contribution in [2.45, 2.75) is 6.04 Å². The molecule has 0 heterocycles. The fourth-order valence-electron chi connectivity index (χ4n) is 1.96. The SMILES string of the molecule is COc1cc(Br)c(C(N)c2ccc(Br)cc2)cc1OC. The first-order valence-electron chi connectivity index (χ1n) is 5.99. The van der Waals surface area contributed by atoms with Gasteiger partial charge in [0.2, 0.25) is 0 Å². The van der Waals surface area contributed by atoms with E-state index < -0.39 is 0 Å². The highest BCUT2D eigenvalue weighted by molar-refractivity contribution is 9.10. The average molecular weight is 401 g/mol. The Balaban J connectivity index is 2.43. The molecule has 0 spiro atoms. The van der Waals surface area contributed by atoms with Crippen LogP contribution in [0.3, 0.4) is 0 Å². The van der Waals surface area contributed by atoms with E-state index in [2.05, 4.69) is 31.9 Å². The van der Waals surface area contributed by atoms with E-state index in [9.17, 15) is 0 Å². The van der Waals surface area contributed by atoms with Crippen LogP contribution >= 0.6 is 31.9 Å². The van der Waals surface area contributed by atoms with E-state index in [1.54, 1.807) is 14.2 Å². The van der Waals surface area contributed by atoms with Crippen LogP contribution in [0.2, 0.25) is 0 Å². The van der Waals surface area contributed by atoms with Crippen molar-refractivity contribution in [3.8, 4) is 11.5 Å². The lowest BCUT2D eigenvalue weighted by molar-refractivity contribution is 0.354. The van der Waals surface area contributed by atoms with E-state index in [1.165, 1.54) is 0 Å². The molecule has 0 fully saturated rings. The molecule has 0 bridgehead atoms. The van der Waals surface area contributed by atoms with Crippen LogP contribution < -0.4 is 15.2 Å². The van der Waals surface area contributed by atoms with Crippen molar-refractivity contribution < 1.29 is 9.47 Å². The molecule has 1 atom stereocenters. The van der Waals surface area contributed by atoms with Crippen molar-refractivity contribution in [3.05, 3.63) is 56.5 Å². The van der Waals surface area contributed by atoms with Crippen molar-refractivity contribution in [2.75, 3.05) is 14.2 Å². The maximum absolute atomic E-state index is 6.34. The average Bonchev–Trinajstić information content (AvgIpc) is 2.47. The van der Waals surface area contributed by atoms with Crippen molar-refractivity contribution in [1.29, 1.82) is 0 Å². The summed E-state index contributed by atoms with van der Waals surface area (Å²) in [5.74, 6) is 1.34. The first kappa shape index (κ1) is 15.4. The number of nitrogens with two attached hydrogens (primary N) is 1. The summed E-state index contributed by atoms with van der Waals surface area (Å²) < 4.78 is 12.5. The maximum Gasteiger partial charge on any atom is 0.161 e. The van der Waals surface area contributed by atoms with Gasteiger partial charge in [-0.1, -0.05) is 44.0 Å². The zero-order valence-electron chi connectivity index (χ0n) is 11.2. The van der Waals surface area contributed by atoms with Crippen LogP contribution in [0.25, 0.3) is 0 Å². The molecule has 3 nitrogen and oxygen atoms in total. The third-order valence-electron chi connectivity index (χ3n) is 3.07. The van der Waals surface area contributed by atoms with Gasteiger partial charge in [0, 0.05) is 8.95 Å². The second-order valence-corrected chi connectivity index (χ2v) is 6.03. The number of halogens is 2. The standard InChI is InChI=1S/C15H15Br2NO2/c1-19-13-7-11(12(17)8-14(13)20-2)15(18)9-3-5-10(16)6-4-9/h3-8,15H,18H2,1-2H3. The Hall–Kier alpha value is -1.04. The van der Waals surface area contributed by atoms with E-state index in [-0.39, 0.29) is 6.04 Å². The number of benzene rings is 2. The first-order chi connectivity index (χ1) is 9.56. The van der Waals surface area contributed by atoms with E-state index in [1.807, 2.05) is 36.4 Å². The van der Waals surface area contributed by atoms with Gasteiger partial charge in [0.15, 0.2) is 11.5 Å². The number of hydrogen-bond donors (Lipinski definition) is 1. The molecule has 2 aromatic rings. The molecule has 0 aliphatic rings. The molecule has 0 aromatic heterocycles. The van der Waals surface area contributed by atoms with Gasteiger partial charge in [-0.2, -0.15) is 0 Å². The maximum atomic E-state index is 6.34. The number of rotatable bonds is 4. The largest absolute Gasteiger partial charge is 0.493 e. The minimum Gasteiger partial charge on any atom is -0.493 e. The van der Waals surface area contributed by atoms with Gasteiger partial charge < -0.3 is 15.2 Å². The van der Waals surface area contributed by atoms with Gasteiger partial charge in [0.25, 0.3) is 0 Å². The molecule has 0 radical (unpaired) electrons. The van der Waals surface area contributed by atoms with Gasteiger partial charge in [-0.25, -0.2) is 0 Å². The van der Waals surface area contributed by atoms with Crippen LogP contribution in [-0.4, -0.2) is 14.2 Å². The lowest BCUT2D eigenvalue weighted by atomic mass is 9.99. The lowest BCUT2D eigenvalue weighted by Crippen LogP contribution is -2.12. The Kier molecular flexibility index (Phi) is 5.07. The fraction of sp³-hybridized carbons (Fsp3) is 0.200. The van der Waals surface area contributed by atoms with Gasteiger partial charge >= 0.3 is 0 Å². The predicted molar refractivity (Wildman–Crippen MR) is 87.4 cm³/mol. The summed E-state index contributed by atoms with van der Waals surface area (Å²) in [6.07, 6.45) is 0. The summed E-state index contributed by atoms with van der Waals surface area (Å²) in [7, 11) is 3.22. The predicted octanol–water partition coefficient (Wildman–Crippen LogP) is 4.28. The van der Waals surface area contributed by atoms with Gasteiger partial charge in [0.05, 0.1) is 20.3 Å². The van der Waals surface area contributed by atoms with Crippen LogP contribution in [0.1, 0.15) is 17.2 Å². The molecule has 0 aliphatic heterocycles. The molecule has 0 aliphatic carbocycles. The first-order valence-corrected chi connectivity index (χ1v) is 7.58. The minimum atomic E-state index is -0.239. The smallest absolute Gasteiger partial charge is 0.161 e. The Morgan fingerprint density at radius 1 is 0.950 bits per heavy atom. The minimum absolute atomic E-state index is 0.239. The normalized spacial score (nSPS) is 12.1. The lowest BCUT2D eigenvalue weighted by Gasteiger charge is -2.17. The van der Waals surface area contributed by atoms with E-state index in [0.717, 1.165) is 20.1 Å². The van der Waals surface area contributed by atoms with Gasteiger partial charge in [-0.05, 0) is 35.4 Å². The molecule has 2 rings (SSSR count). The van der Waals surface area contributed by atoms with E-state index >= 15 is 0 Å². The monoisotopic (exact) mass is 399 g/mol. The zero-order valence-corrected chi connectivity index (χ0v) is 14.4. The molecule has 20 heavy (non-hydrogen) atoms. The molecule has 2 N–H and O–H groups in total. The number of ether oxygens (including phenoxy) is 2. The van der Waals surface area contributed by atoms with Crippen molar-refractivity contribution in [3.63, 3.8) is 0 Å². The summed E-state index contributed by atoms with van der Waals surface area (Å²) in [4.78, 5) is 0. The molecule has 5 heteroatoms. The molecular formula is C15H15Br2NO2. The topological polar surface area (TPSA) is 44.5 Å². The van der Waals surface area contributed by atoms with Crippen LogP contribution in [0.5, 0.6) is 11.5 Å². The molecular weight excluding hydrogens is 386 g/mol. The zero-order chi connectivity index (χ0) is 14.7. The van der Waals surface area contributed by atoms with Crippen LogP contribution in [0.4, 0.5) is 0 Å². The fourth-order valence-corrected chi connectivity index (χ4v) is 2.79. The second-order valence-electron chi connectivity index (χ2n) is 4.26. The molecule has 106 valence electrons. The van der Waals surface area contributed by atoms with Crippen molar-refractivity contribution in [1.82, 2.24) is 0 Å². The van der Waals surface area contributed by atoms with E-state index in [0.29, 0.717) is 11.5 Å². The van der Waals surface area contributed by atoms with Crippen LogP contribution in [-0.2, 0) is 0 Å². The Bertz CT molecular complexity index is 600. The summed E-state index contributed by atoms with van der Waals surface area (Å²) in [5, 5.41) is 0. The van der Waals surface area contributed by atoms with E-state index in [4.69, 9.17) is 15.2 Å². The molecule has 1 unspecified atom stereocenters. The summed E-state index contributed by atoms with van der Waals surface area (Å²) in [6.45, 7) is 0. The van der Waals surface area contributed by atoms with Crippen LogP contribution in [0.15, 0.2) is 45.3 Å². The summed E-state index contributed by atoms with van der Waals surface area (Å²) >= 11 is 6.96.